The summed E-state index contributed by atoms with van der Waals surface area (Å²) in [6.45, 7) is 16.9. The minimum Gasteiger partial charge on any atom is -0.481 e. The lowest BCUT2D eigenvalue weighted by molar-refractivity contribution is -0.205. The van der Waals surface area contributed by atoms with Crippen LogP contribution in [0.15, 0.2) is 11.6 Å². The van der Waals surface area contributed by atoms with Gasteiger partial charge in [0.2, 0.25) is 0 Å². The van der Waals surface area contributed by atoms with Crippen molar-refractivity contribution in [3.8, 4) is 0 Å². The number of carboxylic acids is 1. The van der Waals surface area contributed by atoms with E-state index in [1.54, 1.807) is 0 Å². The average molecular weight is 457 g/mol. The highest BCUT2D eigenvalue weighted by atomic mass is 16.4. The Hall–Kier alpha value is -0.830. The third-order valence-electron chi connectivity index (χ3n) is 13.0. The predicted molar refractivity (Wildman–Crippen MR) is 133 cm³/mol. The van der Waals surface area contributed by atoms with E-state index in [1.165, 1.54) is 18.4 Å². The number of carbonyl (C=O) groups is 1. The minimum absolute atomic E-state index is 0.0301. The Kier molecular flexibility index (Phi) is 4.99. The molecule has 3 heteroatoms. The first-order chi connectivity index (χ1) is 15.1. The predicted octanol–water partition coefficient (Wildman–Crippen LogP) is 7.23. The first kappa shape index (κ1) is 23.9. The highest BCUT2D eigenvalue weighted by Gasteiger charge is 2.69. The van der Waals surface area contributed by atoms with Gasteiger partial charge in [0.25, 0.3) is 0 Å². The number of hydrogen-bond donors (Lipinski definition) is 2. The zero-order valence-electron chi connectivity index (χ0n) is 22.3. The Morgan fingerprint density at radius 1 is 0.879 bits per heavy atom. The van der Waals surface area contributed by atoms with Gasteiger partial charge >= 0.3 is 5.97 Å². The highest BCUT2D eigenvalue weighted by molar-refractivity contribution is 5.76. The van der Waals surface area contributed by atoms with Crippen molar-refractivity contribution in [1.29, 1.82) is 0 Å². The molecule has 0 radical (unpaired) electrons. The van der Waals surface area contributed by atoms with Crippen molar-refractivity contribution in [1.82, 2.24) is 0 Å². The Bertz CT molecular complexity index is 885. The third-order valence-corrected chi connectivity index (χ3v) is 13.0. The van der Waals surface area contributed by atoms with Crippen molar-refractivity contribution in [3.05, 3.63) is 11.6 Å². The normalized spacial score (nSPS) is 52.4. The van der Waals surface area contributed by atoms with Crippen LogP contribution < -0.4 is 0 Å². The van der Waals surface area contributed by atoms with Crippen LogP contribution in [0.3, 0.4) is 0 Å². The number of allylic oxidation sites excluding steroid dienone is 2. The second kappa shape index (κ2) is 6.89. The molecule has 5 aliphatic carbocycles. The van der Waals surface area contributed by atoms with Crippen molar-refractivity contribution in [2.75, 3.05) is 0 Å². The molecule has 8 atom stereocenters. The number of aliphatic carboxylic acids is 1. The summed E-state index contributed by atoms with van der Waals surface area (Å²) < 4.78 is 0. The van der Waals surface area contributed by atoms with Gasteiger partial charge in [0.1, 0.15) is 0 Å². The fourth-order valence-corrected chi connectivity index (χ4v) is 10.6. The monoisotopic (exact) mass is 456 g/mol. The quantitative estimate of drug-likeness (QED) is 0.409. The summed E-state index contributed by atoms with van der Waals surface area (Å²) in [5, 5.41) is 21.4. The first-order valence-electron chi connectivity index (χ1n) is 13.8. The smallest absolute Gasteiger partial charge is 0.310 e. The molecule has 186 valence electrons. The van der Waals surface area contributed by atoms with E-state index in [2.05, 4.69) is 54.5 Å². The van der Waals surface area contributed by atoms with Gasteiger partial charge in [-0.3, -0.25) is 4.79 Å². The number of hydrogen-bond acceptors (Lipinski definition) is 2. The topological polar surface area (TPSA) is 57.5 Å². The Balaban J connectivity index is 1.60. The fraction of sp³-hybridized carbons (Fsp3) is 0.900. The van der Waals surface area contributed by atoms with E-state index >= 15 is 0 Å². The van der Waals surface area contributed by atoms with E-state index in [-0.39, 0.29) is 39.1 Å². The minimum atomic E-state index is -0.553. The van der Waals surface area contributed by atoms with Crippen LogP contribution in [0.5, 0.6) is 0 Å². The Morgan fingerprint density at radius 3 is 2.21 bits per heavy atom. The molecule has 4 fully saturated rings. The van der Waals surface area contributed by atoms with E-state index in [0.717, 1.165) is 51.4 Å². The zero-order chi connectivity index (χ0) is 24.2. The van der Waals surface area contributed by atoms with Crippen LogP contribution in [0.25, 0.3) is 0 Å². The van der Waals surface area contributed by atoms with Gasteiger partial charge in [0.05, 0.1) is 11.5 Å². The molecule has 0 aromatic rings. The number of fused-ring (bicyclic) bond motifs is 7. The number of rotatable bonds is 1. The van der Waals surface area contributed by atoms with Crippen LogP contribution in [0.1, 0.15) is 113 Å². The molecule has 3 nitrogen and oxygen atoms in total. The molecule has 0 aliphatic heterocycles. The van der Waals surface area contributed by atoms with Crippen LogP contribution in [-0.2, 0) is 4.79 Å². The summed E-state index contributed by atoms with van der Waals surface area (Å²) >= 11 is 0. The summed E-state index contributed by atoms with van der Waals surface area (Å²) in [6.07, 6.45) is 12.6. The summed E-state index contributed by atoms with van der Waals surface area (Å²) in [7, 11) is 0. The van der Waals surface area contributed by atoms with Crippen molar-refractivity contribution in [2.24, 2.45) is 50.2 Å². The molecule has 0 bridgehead atoms. The van der Waals surface area contributed by atoms with Crippen LogP contribution in [0.4, 0.5) is 0 Å². The molecular weight excluding hydrogens is 408 g/mol. The largest absolute Gasteiger partial charge is 0.481 e. The molecule has 33 heavy (non-hydrogen) atoms. The van der Waals surface area contributed by atoms with Gasteiger partial charge in [0.15, 0.2) is 0 Å². The molecule has 5 aliphatic rings. The van der Waals surface area contributed by atoms with Crippen molar-refractivity contribution in [2.45, 2.75) is 119 Å². The van der Waals surface area contributed by atoms with E-state index in [9.17, 15) is 15.0 Å². The molecule has 0 heterocycles. The molecule has 0 saturated heterocycles. The molecule has 1 unspecified atom stereocenters. The highest BCUT2D eigenvalue weighted by Crippen LogP contribution is 2.75. The Labute approximate surface area is 201 Å². The fourth-order valence-electron chi connectivity index (χ4n) is 10.6. The van der Waals surface area contributed by atoms with E-state index in [1.807, 2.05) is 0 Å². The van der Waals surface area contributed by atoms with E-state index in [0.29, 0.717) is 11.8 Å². The van der Waals surface area contributed by atoms with Crippen molar-refractivity contribution < 1.29 is 15.0 Å². The van der Waals surface area contributed by atoms with Gasteiger partial charge in [-0.25, -0.2) is 0 Å². The summed E-state index contributed by atoms with van der Waals surface area (Å²) in [5.74, 6) is 0.807. The molecule has 0 aromatic carbocycles. The second-order valence-corrected chi connectivity index (χ2v) is 15.1. The molecule has 2 N–H and O–H groups in total. The maximum atomic E-state index is 12.8. The van der Waals surface area contributed by atoms with Gasteiger partial charge in [-0.2, -0.15) is 0 Å². The van der Waals surface area contributed by atoms with Crippen molar-refractivity contribution in [3.63, 3.8) is 0 Å². The van der Waals surface area contributed by atoms with Gasteiger partial charge in [-0.05, 0) is 109 Å². The van der Waals surface area contributed by atoms with Crippen LogP contribution in [-0.4, -0.2) is 22.3 Å². The number of aliphatic hydroxyl groups is 1. The van der Waals surface area contributed by atoms with Gasteiger partial charge < -0.3 is 10.2 Å². The first-order valence-corrected chi connectivity index (χ1v) is 13.8. The average Bonchev–Trinajstić information content (AvgIpc) is 2.71. The maximum Gasteiger partial charge on any atom is 0.310 e. The van der Waals surface area contributed by atoms with Gasteiger partial charge in [-0.1, -0.05) is 60.1 Å². The number of aliphatic hydroxyl groups excluding tert-OH is 1. The van der Waals surface area contributed by atoms with E-state index < -0.39 is 11.4 Å². The molecule has 0 amide bonds. The lowest BCUT2D eigenvalue weighted by Crippen LogP contribution is -2.65. The SMILES string of the molecule is CC1(C)CC[C@]2(C(=O)O)CC[C@]3(C)C(=CC[C@@H]4[C@@]5(C)CC[C@@H](O)C(C)(C)C5CC[C@]43C)[C@H]2C1. The zero-order valence-corrected chi connectivity index (χ0v) is 22.3. The van der Waals surface area contributed by atoms with E-state index in [4.69, 9.17) is 0 Å². The Morgan fingerprint density at radius 2 is 1.55 bits per heavy atom. The molecule has 0 aromatic heterocycles. The second-order valence-electron chi connectivity index (χ2n) is 15.1. The summed E-state index contributed by atoms with van der Waals surface area (Å²) in [6, 6.07) is 0. The molecule has 5 rings (SSSR count). The van der Waals surface area contributed by atoms with Gasteiger partial charge in [-0.15, -0.1) is 0 Å². The maximum absolute atomic E-state index is 12.8. The summed E-state index contributed by atoms with van der Waals surface area (Å²) in [4.78, 5) is 12.8. The third kappa shape index (κ3) is 2.87. The number of carboxylic acid groups (broad SMARTS) is 1. The summed E-state index contributed by atoms with van der Waals surface area (Å²) in [5.41, 5.74) is 1.68. The molecule has 0 spiro atoms. The lowest BCUT2D eigenvalue weighted by atomic mass is 9.33. The van der Waals surface area contributed by atoms with Crippen LogP contribution in [0.2, 0.25) is 0 Å². The van der Waals surface area contributed by atoms with Crippen LogP contribution in [0, 0.1) is 50.2 Å². The van der Waals surface area contributed by atoms with Crippen LogP contribution >= 0.6 is 0 Å². The van der Waals surface area contributed by atoms with Crippen molar-refractivity contribution >= 4 is 5.97 Å². The lowest BCUT2D eigenvalue weighted by Gasteiger charge is -2.71. The molecule has 4 saturated carbocycles. The van der Waals surface area contributed by atoms with Gasteiger partial charge in [0, 0.05) is 0 Å². The standard InChI is InChI=1S/C30H48O3/c1-25(2)14-16-30(24(32)33)17-15-28(6)19(20(30)18-25)8-9-22-27(5)12-11-23(31)26(3,4)21(27)10-13-29(22,28)7/h8,20-23,31H,9-18H2,1-7H3,(H,32,33)/t20-,21?,22-,23-,27+,28-,29-,30+/m1/s1. The molecular formula is C30H48O3.